The second-order valence-electron chi connectivity index (χ2n) is 9.72. The SMILES string of the molecule is CCOc1cncc(C2=CC[C@H]3[C@@H]4CC=C5OC(=O)CC[C@]5(C)[C@H]4CC[C@]23C)c1. The molecule has 0 amide bonds. The molecule has 29 heavy (non-hydrogen) atoms. The van der Waals surface area contributed by atoms with Crippen molar-refractivity contribution in [2.45, 2.75) is 59.3 Å². The van der Waals surface area contributed by atoms with Gasteiger partial charge in [0, 0.05) is 18.0 Å². The summed E-state index contributed by atoms with van der Waals surface area (Å²) in [6.07, 6.45) is 14.5. The number of nitrogens with zero attached hydrogens (tertiary/aromatic N) is 1. The summed E-state index contributed by atoms with van der Waals surface area (Å²) in [5, 5.41) is 0. The van der Waals surface area contributed by atoms with E-state index in [-0.39, 0.29) is 16.8 Å². The molecule has 0 radical (unpaired) electrons. The summed E-state index contributed by atoms with van der Waals surface area (Å²) in [6.45, 7) is 7.46. The molecule has 0 N–H and O–H groups in total. The molecule has 2 heterocycles. The van der Waals surface area contributed by atoms with E-state index in [1.54, 1.807) is 6.20 Å². The first-order chi connectivity index (χ1) is 14.0. The van der Waals surface area contributed by atoms with E-state index in [4.69, 9.17) is 9.47 Å². The second-order valence-corrected chi connectivity index (χ2v) is 9.72. The number of carbonyl (C=O) groups excluding carboxylic acids is 1. The molecule has 1 aromatic heterocycles. The quantitative estimate of drug-likeness (QED) is 0.632. The lowest BCUT2D eigenvalue weighted by atomic mass is 9.49. The van der Waals surface area contributed by atoms with Crippen LogP contribution in [0.5, 0.6) is 5.75 Å². The van der Waals surface area contributed by atoms with E-state index in [2.05, 4.69) is 37.0 Å². The average molecular weight is 394 g/mol. The number of ether oxygens (including phenoxy) is 2. The number of esters is 1. The summed E-state index contributed by atoms with van der Waals surface area (Å²) in [4.78, 5) is 16.3. The molecule has 1 aliphatic heterocycles. The van der Waals surface area contributed by atoms with Crippen LogP contribution in [0, 0.1) is 28.6 Å². The number of hydrogen-bond acceptors (Lipinski definition) is 4. The molecule has 5 atom stereocenters. The van der Waals surface area contributed by atoms with E-state index in [9.17, 15) is 4.79 Å². The number of aromatic nitrogens is 1. The Morgan fingerprint density at radius 2 is 2.00 bits per heavy atom. The predicted octanol–water partition coefficient (Wildman–Crippen LogP) is 5.55. The van der Waals surface area contributed by atoms with Gasteiger partial charge in [0.05, 0.1) is 12.8 Å². The lowest BCUT2D eigenvalue weighted by Crippen LogP contribution is -2.49. The summed E-state index contributed by atoms with van der Waals surface area (Å²) < 4.78 is 11.4. The standard InChI is InChI=1S/C25H31NO3/c1-4-28-17-13-16(14-26-15-17)19-6-7-20-18-5-8-22-25(3,12-10-23(27)29-22)21(18)9-11-24(19,20)2/h6,8,13-15,18,20-21H,4-5,7,9-12H2,1-3H3/t18-,20-,21-,24+,25+/m0/s1. The lowest BCUT2D eigenvalue weighted by Gasteiger charge is -2.56. The lowest BCUT2D eigenvalue weighted by molar-refractivity contribution is -0.151. The Kier molecular flexibility index (Phi) is 4.38. The zero-order chi connectivity index (χ0) is 20.2. The molecule has 1 saturated carbocycles. The largest absolute Gasteiger partial charge is 0.492 e. The number of pyridine rings is 1. The molecule has 0 aromatic carbocycles. The van der Waals surface area contributed by atoms with Gasteiger partial charge in [0.15, 0.2) is 0 Å². The van der Waals surface area contributed by atoms with Crippen molar-refractivity contribution < 1.29 is 14.3 Å². The monoisotopic (exact) mass is 393 g/mol. The minimum atomic E-state index is -0.0562. The molecule has 4 aliphatic rings. The van der Waals surface area contributed by atoms with E-state index in [0.717, 1.165) is 30.8 Å². The fourth-order valence-electron chi connectivity index (χ4n) is 6.90. The van der Waals surface area contributed by atoms with Gasteiger partial charge in [-0.1, -0.05) is 19.9 Å². The maximum atomic E-state index is 11.8. The predicted molar refractivity (Wildman–Crippen MR) is 112 cm³/mol. The molecule has 2 fully saturated rings. The number of rotatable bonds is 3. The Morgan fingerprint density at radius 1 is 1.14 bits per heavy atom. The van der Waals surface area contributed by atoms with Gasteiger partial charge < -0.3 is 9.47 Å². The first-order valence-electron chi connectivity index (χ1n) is 11.2. The van der Waals surface area contributed by atoms with Crippen LogP contribution in [0.2, 0.25) is 0 Å². The maximum absolute atomic E-state index is 11.8. The number of hydrogen-bond donors (Lipinski definition) is 0. The van der Waals surface area contributed by atoms with Crippen molar-refractivity contribution in [3.8, 4) is 5.75 Å². The van der Waals surface area contributed by atoms with Gasteiger partial charge in [-0.3, -0.25) is 9.78 Å². The van der Waals surface area contributed by atoms with Gasteiger partial charge in [-0.15, -0.1) is 0 Å². The molecule has 0 spiro atoms. The summed E-state index contributed by atoms with van der Waals surface area (Å²) in [6, 6.07) is 2.16. The normalized spacial score (nSPS) is 38.2. The van der Waals surface area contributed by atoms with Crippen LogP contribution in [0.4, 0.5) is 0 Å². The summed E-state index contributed by atoms with van der Waals surface area (Å²) in [7, 11) is 0. The third-order valence-corrected chi connectivity index (χ3v) is 8.38. The summed E-state index contributed by atoms with van der Waals surface area (Å²) in [5.41, 5.74) is 2.87. The Labute approximate surface area is 173 Å². The first-order valence-corrected chi connectivity index (χ1v) is 11.2. The Hall–Kier alpha value is -2.10. The summed E-state index contributed by atoms with van der Waals surface area (Å²) >= 11 is 0. The van der Waals surface area contributed by atoms with E-state index in [1.807, 2.05) is 13.1 Å². The van der Waals surface area contributed by atoms with Crippen molar-refractivity contribution in [3.63, 3.8) is 0 Å². The van der Waals surface area contributed by atoms with E-state index in [1.165, 1.54) is 24.0 Å². The third-order valence-electron chi connectivity index (χ3n) is 8.38. The molecule has 1 saturated heterocycles. The first kappa shape index (κ1) is 18.9. The third kappa shape index (κ3) is 2.78. The van der Waals surface area contributed by atoms with Crippen LogP contribution in [0.3, 0.4) is 0 Å². The highest BCUT2D eigenvalue weighted by atomic mass is 16.5. The van der Waals surface area contributed by atoms with Gasteiger partial charge in [-0.05, 0) is 85.5 Å². The van der Waals surface area contributed by atoms with E-state index >= 15 is 0 Å². The van der Waals surface area contributed by atoms with Crippen LogP contribution in [-0.2, 0) is 9.53 Å². The van der Waals surface area contributed by atoms with Crippen molar-refractivity contribution >= 4 is 11.5 Å². The zero-order valence-electron chi connectivity index (χ0n) is 17.7. The van der Waals surface area contributed by atoms with Crippen LogP contribution in [0.15, 0.2) is 36.4 Å². The molecule has 4 nitrogen and oxygen atoms in total. The number of allylic oxidation sites excluding steroid dienone is 4. The van der Waals surface area contributed by atoms with Crippen molar-refractivity contribution in [3.05, 3.63) is 41.9 Å². The maximum Gasteiger partial charge on any atom is 0.310 e. The molecule has 1 aromatic rings. The van der Waals surface area contributed by atoms with Crippen LogP contribution < -0.4 is 4.74 Å². The average Bonchev–Trinajstić information content (AvgIpc) is 3.06. The minimum Gasteiger partial charge on any atom is -0.492 e. The summed E-state index contributed by atoms with van der Waals surface area (Å²) in [5.74, 6) is 3.65. The van der Waals surface area contributed by atoms with Gasteiger partial charge >= 0.3 is 5.97 Å². The van der Waals surface area contributed by atoms with E-state index < -0.39 is 0 Å². The molecular formula is C25H31NO3. The minimum absolute atomic E-state index is 0.0251. The van der Waals surface area contributed by atoms with Crippen LogP contribution in [0.1, 0.15) is 64.9 Å². The van der Waals surface area contributed by atoms with Crippen molar-refractivity contribution in [1.29, 1.82) is 0 Å². The van der Waals surface area contributed by atoms with Crippen LogP contribution >= 0.6 is 0 Å². The van der Waals surface area contributed by atoms with Crippen molar-refractivity contribution in [2.75, 3.05) is 6.61 Å². The Balaban J connectivity index is 1.45. The molecule has 0 bridgehead atoms. The molecular weight excluding hydrogens is 362 g/mol. The highest BCUT2D eigenvalue weighted by molar-refractivity contribution is 5.74. The topological polar surface area (TPSA) is 48.4 Å². The molecule has 154 valence electrons. The Morgan fingerprint density at radius 3 is 2.83 bits per heavy atom. The number of fused-ring (bicyclic) bond motifs is 5. The fraction of sp³-hybridized carbons (Fsp3) is 0.600. The highest BCUT2D eigenvalue weighted by Crippen LogP contribution is 2.65. The van der Waals surface area contributed by atoms with Gasteiger partial charge in [0.1, 0.15) is 11.5 Å². The van der Waals surface area contributed by atoms with Gasteiger partial charge in [-0.25, -0.2) is 0 Å². The van der Waals surface area contributed by atoms with Crippen molar-refractivity contribution in [1.82, 2.24) is 4.98 Å². The van der Waals surface area contributed by atoms with E-state index in [0.29, 0.717) is 30.8 Å². The second kappa shape index (κ2) is 6.72. The molecule has 4 heteroatoms. The highest BCUT2D eigenvalue weighted by Gasteiger charge is 2.57. The van der Waals surface area contributed by atoms with Crippen LogP contribution in [-0.4, -0.2) is 17.6 Å². The smallest absolute Gasteiger partial charge is 0.310 e. The fourth-order valence-corrected chi connectivity index (χ4v) is 6.90. The van der Waals surface area contributed by atoms with Gasteiger partial charge in [-0.2, -0.15) is 0 Å². The number of carbonyl (C=O) groups is 1. The van der Waals surface area contributed by atoms with Crippen molar-refractivity contribution in [2.24, 2.45) is 28.6 Å². The van der Waals surface area contributed by atoms with Gasteiger partial charge in [0.2, 0.25) is 0 Å². The van der Waals surface area contributed by atoms with Gasteiger partial charge in [0.25, 0.3) is 0 Å². The zero-order valence-corrected chi connectivity index (χ0v) is 17.7. The Bertz CT molecular complexity index is 903. The molecule has 3 aliphatic carbocycles. The van der Waals surface area contributed by atoms with Crippen LogP contribution in [0.25, 0.3) is 5.57 Å². The molecule has 5 rings (SSSR count). The molecule has 0 unspecified atom stereocenters.